The van der Waals surface area contributed by atoms with Gasteiger partial charge in [-0.15, -0.1) is 0 Å². The van der Waals surface area contributed by atoms with Gasteiger partial charge in [0.25, 0.3) is 0 Å². The number of aliphatic hydroxyl groups is 1. The van der Waals surface area contributed by atoms with Crippen LogP contribution < -0.4 is 0 Å². The molecule has 0 spiro atoms. The van der Waals surface area contributed by atoms with Gasteiger partial charge < -0.3 is 10.2 Å². The van der Waals surface area contributed by atoms with E-state index in [2.05, 4.69) is 27.4 Å². The van der Waals surface area contributed by atoms with Crippen molar-refractivity contribution >= 4 is 5.97 Å². The normalized spacial score (nSPS) is 37.3. The Balaban J connectivity index is 2.24. The summed E-state index contributed by atoms with van der Waals surface area (Å²) in [5.41, 5.74) is 2.28. The molecule has 3 nitrogen and oxygen atoms in total. The van der Waals surface area contributed by atoms with Crippen molar-refractivity contribution < 1.29 is 15.0 Å². The lowest BCUT2D eigenvalue weighted by molar-refractivity contribution is -0.131. The Kier molecular flexibility index (Phi) is 5.10. The fourth-order valence-corrected chi connectivity index (χ4v) is 5.66. The second kappa shape index (κ2) is 6.43. The number of carboxylic acids is 1. The van der Waals surface area contributed by atoms with Gasteiger partial charge in [0, 0.05) is 6.08 Å². The average Bonchev–Trinajstić information content (AvgIpc) is 2.34. The van der Waals surface area contributed by atoms with Crippen molar-refractivity contribution in [2.75, 3.05) is 0 Å². The van der Waals surface area contributed by atoms with E-state index < -0.39 is 5.97 Å². The summed E-state index contributed by atoms with van der Waals surface area (Å²) in [7, 11) is 0. The van der Waals surface area contributed by atoms with E-state index in [1.807, 2.05) is 6.92 Å². The summed E-state index contributed by atoms with van der Waals surface area (Å²) in [6, 6.07) is 0. The van der Waals surface area contributed by atoms with Crippen LogP contribution in [0.4, 0.5) is 0 Å². The Morgan fingerprint density at radius 3 is 2.61 bits per heavy atom. The van der Waals surface area contributed by atoms with Gasteiger partial charge in [0.15, 0.2) is 0 Å². The Morgan fingerprint density at radius 2 is 2.00 bits per heavy atom. The molecule has 0 heterocycles. The second-order valence-corrected chi connectivity index (χ2v) is 8.68. The molecule has 130 valence electrons. The molecule has 0 radical (unpaired) electrons. The van der Waals surface area contributed by atoms with Crippen molar-refractivity contribution in [1.82, 2.24) is 0 Å². The first-order valence-electron chi connectivity index (χ1n) is 8.84. The standard InChI is InChI=1S/C20H32O3/c1-13(11-17(22)23)7-8-15-14(2)12-16(21)18-19(3,4)9-6-10-20(15,18)5/h11,15-16,18,21H,2,6-10,12H2,1,3-5H3,(H,22,23)/b13-11+/t15-,16-,18-,20+/m0/s1. The van der Waals surface area contributed by atoms with E-state index in [0.717, 1.165) is 30.4 Å². The minimum absolute atomic E-state index is 0.0694. The molecule has 0 bridgehead atoms. The molecule has 0 aromatic heterocycles. The summed E-state index contributed by atoms with van der Waals surface area (Å²) in [6.45, 7) is 13.1. The highest BCUT2D eigenvalue weighted by Crippen LogP contribution is 2.61. The first-order valence-corrected chi connectivity index (χ1v) is 8.84. The Bertz CT molecular complexity index is 517. The summed E-state index contributed by atoms with van der Waals surface area (Å²) in [4.78, 5) is 10.8. The zero-order valence-corrected chi connectivity index (χ0v) is 15.1. The first-order chi connectivity index (χ1) is 10.6. The van der Waals surface area contributed by atoms with Gasteiger partial charge in [-0.05, 0) is 61.7 Å². The maximum atomic E-state index is 10.8. The summed E-state index contributed by atoms with van der Waals surface area (Å²) < 4.78 is 0. The smallest absolute Gasteiger partial charge is 0.328 e. The predicted molar refractivity (Wildman–Crippen MR) is 93.1 cm³/mol. The first kappa shape index (κ1) is 18.3. The molecule has 2 fully saturated rings. The zero-order valence-electron chi connectivity index (χ0n) is 15.1. The Labute approximate surface area is 140 Å². The lowest BCUT2D eigenvalue weighted by atomic mass is 9.46. The number of fused-ring (bicyclic) bond motifs is 1. The summed E-state index contributed by atoms with van der Waals surface area (Å²) in [5, 5.41) is 19.6. The van der Waals surface area contributed by atoms with E-state index in [9.17, 15) is 9.90 Å². The minimum atomic E-state index is -0.872. The lowest BCUT2D eigenvalue weighted by Crippen LogP contribution is -2.55. The van der Waals surface area contributed by atoms with Crippen LogP contribution in [0.5, 0.6) is 0 Å². The fourth-order valence-electron chi connectivity index (χ4n) is 5.66. The molecule has 2 rings (SSSR count). The third-order valence-electron chi connectivity index (χ3n) is 6.43. The predicted octanol–water partition coefficient (Wildman–Crippen LogP) is 4.57. The van der Waals surface area contributed by atoms with Gasteiger partial charge in [-0.25, -0.2) is 4.79 Å². The van der Waals surface area contributed by atoms with Crippen LogP contribution in [0.1, 0.15) is 66.2 Å². The molecule has 23 heavy (non-hydrogen) atoms. The van der Waals surface area contributed by atoms with Gasteiger partial charge in [0.05, 0.1) is 6.10 Å². The number of rotatable bonds is 4. The molecule has 0 unspecified atom stereocenters. The van der Waals surface area contributed by atoms with E-state index in [1.165, 1.54) is 18.9 Å². The molecular formula is C20H32O3. The molecular weight excluding hydrogens is 288 g/mol. The van der Waals surface area contributed by atoms with Crippen LogP contribution in [0.3, 0.4) is 0 Å². The summed E-state index contributed by atoms with van der Waals surface area (Å²) in [6.07, 6.45) is 6.92. The second-order valence-electron chi connectivity index (χ2n) is 8.68. The van der Waals surface area contributed by atoms with E-state index in [4.69, 9.17) is 5.11 Å². The van der Waals surface area contributed by atoms with Crippen molar-refractivity contribution in [2.24, 2.45) is 22.7 Å². The quantitative estimate of drug-likeness (QED) is 0.589. The van der Waals surface area contributed by atoms with Gasteiger partial charge in [-0.3, -0.25) is 0 Å². The van der Waals surface area contributed by atoms with Crippen molar-refractivity contribution in [1.29, 1.82) is 0 Å². The number of aliphatic hydroxyl groups excluding tert-OH is 1. The van der Waals surface area contributed by atoms with E-state index in [1.54, 1.807) is 0 Å². The number of hydrogen-bond acceptors (Lipinski definition) is 2. The largest absolute Gasteiger partial charge is 0.478 e. The molecule has 2 aliphatic rings. The van der Waals surface area contributed by atoms with E-state index in [-0.39, 0.29) is 16.9 Å². The van der Waals surface area contributed by atoms with Gasteiger partial charge in [0.2, 0.25) is 0 Å². The molecule has 2 saturated carbocycles. The van der Waals surface area contributed by atoms with Crippen molar-refractivity contribution in [2.45, 2.75) is 72.3 Å². The highest BCUT2D eigenvalue weighted by Gasteiger charge is 2.56. The molecule has 0 saturated heterocycles. The third kappa shape index (κ3) is 3.55. The highest BCUT2D eigenvalue weighted by molar-refractivity contribution is 5.80. The number of aliphatic carboxylic acids is 1. The fraction of sp³-hybridized carbons (Fsp3) is 0.750. The minimum Gasteiger partial charge on any atom is -0.478 e. The molecule has 0 aromatic rings. The number of carboxylic acid groups (broad SMARTS) is 1. The average molecular weight is 320 g/mol. The summed E-state index contributed by atoms with van der Waals surface area (Å²) in [5.74, 6) is -0.209. The number of hydrogen-bond donors (Lipinski definition) is 2. The number of allylic oxidation sites excluding steroid dienone is 1. The molecule has 0 amide bonds. The van der Waals surface area contributed by atoms with E-state index >= 15 is 0 Å². The van der Waals surface area contributed by atoms with E-state index in [0.29, 0.717) is 18.3 Å². The van der Waals surface area contributed by atoms with Crippen molar-refractivity contribution in [3.63, 3.8) is 0 Å². The van der Waals surface area contributed by atoms with Gasteiger partial charge in [-0.1, -0.05) is 44.9 Å². The van der Waals surface area contributed by atoms with Crippen molar-refractivity contribution in [3.8, 4) is 0 Å². The molecule has 0 aromatic carbocycles. The van der Waals surface area contributed by atoms with Crippen LogP contribution in [-0.4, -0.2) is 22.3 Å². The SMILES string of the molecule is C=C1C[C@H](O)[C@H]2C(C)(C)CCC[C@]2(C)[C@H]1CC/C(C)=C/C(=O)O. The topological polar surface area (TPSA) is 57.5 Å². The molecule has 4 atom stereocenters. The Morgan fingerprint density at radius 1 is 1.35 bits per heavy atom. The van der Waals surface area contributed by atoms with Crippen molar-refractivity contribution in [3.05, 3.63) is 23.8 Å². The Hall–Kier alpha value is -1.09. The highest BCUT2D eigenvalue weighted by atomic mass is 16.4. The lowest BCUT2D eigenvalue weighted by Gasteiger charge is -2.59. The van der Waals surface area contributed by atoms with Crippen LogP contribution in [0, 0.1) is 22.7 Å². The van der Waals surface area contributed by atoms with Crippen LogP contribution in [0.15, 0.2) is 23.8 Å². The zero-order chi connectivity index (χ0) is 17.4. The molecule has 2 N–H and O–H groups in total. The molecule has 3 heteroatoms. The van der Waals surface area contributed by atoms with Crippen LogP contribution in [-0.2, 0) is 4.79 Å². The van der Waals surface area contributed by atoms with Gasteiger partial charge in [-0.2, -0.15) is 0 Å². The maximum absolute atomic E-state index is 10.8. The van der Waals surface area contributed by atoms with Gasteiger partial charge >= 0.3 is 5.97 Å². The maximum Gasteiger partial charge on any atom is 0.328 e. The monoisotopic (exact) mass is 320 g/mol. The third-order valence-corrected chi connectivity index (χ3v) is 6.43. The molecule has 0 aliphatic heterocycles. The summed E-state index contributed by atoms with van der Waals surface area (Å²) >= 11 is 0. The van der Waals surface area contributed by atoms with Gasteiger partial charge in [0.1, 0.15) is 0 Å². The van der Waals surface area contributed by atoms with Crippen LogP contribution in [0.25, 0.3) is 0 Å². The number of carbonyl (C=O) groups is 1. The molecule has 2 aliphatic carbocycles. The van der Waals surface area contributed by atoms with Crippen LogP contribution >= 0.6 is 0 Å². The van der Waals surface area contributed by atoms with Crippen LogP contribution in [0.2, 0.25) is 0 Å².